The van der Waals surface area contributed by atoms with Crippen molar-refractivity contribution in [3.8, 4) is 0 Å². The number of anilines is 1. The van der Waals surface area contributed by atoms with E-state index in [2.05, 4.69) is 9.98 Å². The molecule has 1 saturated heterocycles. The normalized spacial score (nSPS) is 21.6. The van der Waals surface area contributed by atoms with E-state index in [9.17, 15) is 31.5 Å². The third-order valence-corrected chi connectivity index (χ3v) is 5.87. The smallest absolute Gasteiger partial charge is 0.378 e. The Kier molecular flexibility index (Phi) is 6.88. The van der Waals surface area contributed by atoms with Gasteiger partial charge in [-0.25, -0.2) is 18.8 Å². The summed E-state index contributed by atoms with van der Waals surface area (Å²) in [7, 11) is 0. The van der Waals surface area contributed by atoms with Gasteiger partial charge in [-0.2, -0.15) is 13.2 Å². The molecule has 13 heteroatoms. The highest BCUT2D eigenvalue weighted by atomic mass is 19.4. The summed E-state index contributed by atoms with van der Waals surface area (Å²) in [5, 5.41) is 1.83. The van der Waals surface area contributed by atoms with Gasteiger partial charge in [0.05, 0.1) is 30.9 Å². The molecule has 1 aromatic heterocycles. The van der Waals surface area contributed by atoms with Crippen LogP contribution in [0.15, 0.2) is 40.9 Å². The number of hydrogen-bond acceptors (Lipinski definition) is 7. The Balaban J connectivity index is 1.75. The lowest BCUT2D eigenvalue weighted by atomic mass is 9.88. The third-order valence-electron chi connectivity index (χ3n) is 5.87. The van der Waals surface area contributed by atoms with Crippen LogP contribution >= 0.6 is 0 Å². The minimum absolute atomic E-state index is 0.0383. The number of alkyl halides is 3. The predicted octanol–water partition coefficient (Wildman–Crippen LogP) is 2.68. The van der Waals surface area contributed by atoms with E-state index in [0.717, 1.165) is 17.3 Å². The van der Waals surface area contributed by atoms with E-state index in [1.54, 1.807) is 6.08 Å². The number of nitrogens with zero attached hydrogens (tertiary/aromatic N) is 4. The number of halogens is 5. The molecule has 0 radical (unpaired) electrons. The summed E-state index contributed by atoms with van der Waals surface area (Å²) >= 11 is 0. The first kappa shape index (κ1) is 24.8. The van der Waals surface area contributed by atoms with Crippen molar-refractivity contribution in [3.63, 3.8) is 0 Å². The van der Waals surface area contributed by atoms with Crippen molar-refractivity contribution in [2.24, 2.45) is 10.9 Å². The van der Waals surface area contributed by atoms with Crippen molar-refractivity contribution in [1.82, 2.24) is 15.2 Å². The van der Waals surface area contributed by atoms with Gasteiger partial charge in [-0.15, -0.1) is 0 Å². The number of carbonyl (C=O) groups excluding carboxylic acids is 2. The standard InChI is InChI=1S/C22H22F5N5O3/c1-2-16(22(25,26)27)29-21(34)14-11-32(20-15(24)9-12(23)10-28-20)19-13(18(14)33)3-4-17(30-19)31-5-7-35-8-6-31/h4,9-11,13,16H,2-3,5-8H2,1H3,(H,29,34)/t13?,16-/m1/s1. The highest BCUT2D eigenvalue weighted by Gasteiger charge is 2.44. The van der Waals surface area contributed by atoms with Gasteiger partial charge in [0, 0.05) is 25.4 Å². The highest BCUT2D eigenvalue weighted by Crippen LogP contribution is 2.33. The van der Waals surface area contributed by atoms with Crippen molar-refractivity contribution in [3.05, 3.63) is 47.6 Å². The molecule has 2 atom stereocenters. The molecule has 1 amide bonds. The third kappa shape index (κ3) is 5.04. The van der Waals surface area contributed by atoms with E-state index in [0.29, 0.717) is 38.2 Å². The molecule has 4 heterocycles. The molecule has 35 heavy (non-hydrogen) atoms. The lowest BCUT2D eigenvalue weighted by molar-refractivity contribution is -0.161. The summed E-state index contributed by atoms with van der Waals surface area (Å²) in [5.41, 5.74) is -0.606. The van der Waals surface area contributed by atoms with E-state index in [1.165, 1.54) is 6.92 Å². The molecule has 1 fully saturated rings. The number of amidine groups is 1. The zero-order chi connectivity index (χ0) is 25.3. The SMILES string of the molecule is CC[C@@H](NC(=O)C1=CN(c2ncc(F)cc2F)C2=NC(N3CCOCC3)=CCC2C1=O)C(F)(F)F. The molecular weight excluding hydrogens is 477 g/mol. The minimum Gasteiger partial charge on any atom is -0.378 e. The predicted molar refractivity (Wildman–Crippen MR) is 114 cm³/mol. The molecule has 8 nitrogen and oxygen atoms in total. The maximum atomic E-state index is 14.7. The number of pyridine rings is 1. The van der Waals surface area contributed by atoms with Gasteiger partial charge >= 0.3 is 6.18 Å². The van der Waals surface area contributed by atoms with Crippen LogP contribution in [0, 0.1) is 17.6 Å². The van der Waals surface area contributed by atoms with Crippen LogP contribution in [0.1, 0.15) is 19.8 Å². The fraction of sp³-hybridized carbons (Fsp3) is 0.455. The van der Waals surface area contributed by atoms with Crippen molar-refractivity contribution in [1.29, 1.82) is 0 Å². The van der Waals surface area contributed by atoms with E-state index in [4.69, 9.17) is 4.74 Å². The fourth-order valence-corrected chi connectivity index (χ4v) is 4.03. The second-order valence-electron chi connectivity index (χ2n) is 8.13. The van der Waals surface area contributed by atoms with Crippen molar-refractivity contribution >= 4 is 23.3 Å². The molecule has 3 aliphatic rings. The van der Waals surface area contributed by atoms with Crippen LogP contribution < -0.4 is 10.2 Å². The van der Waals surface area contributed by atoms with Gasteiger partial charge in [0.2, 0.25) is 0 Å². The number of rotatable bonds is 5. The fourth-order valence-electron chi connectivity index (χ4n) is 4.03. The Bertz CT molecular complexity index is 1110. The Hall–Kier alpha value is -3.35. The molecular formula is C22H22F5N5O3. The number of fused-ring (bicyclic) bond motifs is 1. The molecule has 1 aromatic rings. The molecule has 1 N–H and O–H groups in total. The molecule has 0 spiro atoms. The second-order valence-corrected chi connectivity index (χ2v) is 8.13. The van der Waals surface area contributed by atoms with Crippen LogP contribution in [-0.2, 0) is 14.3 Å². The van der Waals surface area contributed by atoms with Crippen molar-refractivity contribution in [2.75, 3.05) is 31.2 Å². The average Bonchev–Trinajstić information content (AvgIpc) is 2.82. The van der Waals surface area contributed by atoms with Gasteiger partial charge in [0.15, 0.2) is 17.4 Å². The first-order valence-corrected chi connectivity index (χ1v) is 11.0. The molecule has 0 aliphatic carbocycles. The second kappa shape index (κ2) is 9.72. The Morgan fingerprint density at radius 1 is 1.29 bits per heavy atom. The van der Waals surface area contributed by atoms with Gasteiger partial charge in [0.1, 0.15) is 23.5 Å². The largest absolute Gasteiger partial charge is 0.408 e. The summed E-state index contributed by atoms with van der Waals surface area (Å²) in [6.07, 6.45) is -1.77. The van der Waals surface area contributed by atoms with Crippen molar-refractivity contribution in [2.45, 2.75) is 32.0 Å². The molecule has 0 aromatic carbocycles. The van der Waals surface area contributed by atoms with Crippen molar-refractivity contribution < 1.29 is 36.3 Å². The van der Waals surface area contributed by atoms with Crippen LogP contribution in [0.5, 0.6) is 0 Å². The summed E-state index contributed by atoms with van der Waals surface area (Å²) in [6.45, 7) is 3.23. The first-order valence-electron chi connectivity index (χ1n) is 11.0. The maximum absolute atomic E-state index is 14.7. The number of aromatic nitrogens is 1. The molecule has 0 saturated carbocycles. The van der Waals surface area contributed by atoms with Crippen LogP contribution in [0.25, 0.3) is 0 Å². The Morgan fingerprint density at radius 2 is 2.00 bits per heavy atom. The zero-order valence-electron chi connectivity index (χ0n) is 18.6. The van der Waals surface area contributed by atoms with Crippen LogP contribution in [-0.4, -0.2) is 65.9 Å². The molecule has 4 rings (SSSR count). The molecule has 188 valence electrons. The zero-order valence-corrected chi connectivity index (χ0v) is 18.6. The Labute approximate surface area is 197 Å². The number of aliphatic imine (C=N–C) groups is 1. The van der Waals surface area contributed by atoms with E-state index < -0.39 is 59.3 Å². The molecule has 0 bridgehead atoms. The first-order chi connectivity index (χ1) is 16.6. The number of hydrogen-bond donors (Lipinski definition) is 1. The van der Waals surface area contributed by atoms with Gasteiger partial charge in [0.25, 0.3) is 5.91 Å². The number of ether oxygens (including phenoxy) is 1. The summed E-state index contributed by atoms with van der Waals surface area (Å²) in [5.74, 6) is -5.03. The number of nitrogens with one attached hydrogen (secondary N) is 1. The number of morpholine rings is 1. The van der Waals surface area contributed by atoms with Crippen LogP contribution in [0.2, 0.25) is 0 Å². The topological polar surface area (TPSA) is 87.1 Å². The monoisotopic (exact) mass is 499 g/mol. The van der Waals surface area contributed by atoms with E-state index >= 15 is 0 Å². The summed E-state index contributed by atoms with van der Waals surface area (Å²) in [4.78, 5) is 37.1. The van der Waals surface area contributed by atoms with Crippen LogP contribution in [0.4, 0.5) is 27.8 Å². The summed E-state index contributed by atoms with van der Waals surface area (Å²) < 4.78 is 73.1. The minimum atomic E-state index is -4.72. The number of amides is 1. The van der Waals surface area contributed by atoms with Crippen LogP contribution in [0.3, 0.4) is 0 Å². The highest BCUT2D eigenvalue weighted by molar-refractivity contribution is 6.30. The summed E-state index contributed by atoms with van der Waals surface area (Å²) in [6, 6.07) is -1.60. The quantitative estimate of drug-likeness (QED) is 0.495. The maximum Gasteiger partial charge on any atom is 0.408 e. The van der Waals surface area contributed by atoms with Gasteiger partial charge in [-0.05, 0) is 18.9 Å². The number of carbonyl (C=O) groups is 2. The van der Waals surface area contributed by atoms with Gasteiger partial charge in [-0.1, -0.05) is 6.92 Å². The van der Waals surface area contributed by atoms with E-state index in [-0.39, 0.29) is 12.3 Å². The van der Waals surface area contributed by atoms with Gasteiger partial charge in [-0.3, -0.25) is 14.5 Å². The number of ketones is 1. The average molecular weight is 499 g/mol. The van der Waals surface area contributed by atoms with Gasteiger partial charge < -0.3 is 15.0 Å². The van der Waals surface area contributed by atoms with E-state index in [1.807, 2.05) is 10.2 Å². The number of allylic oxidation sites excluding steroid dienone is 1. The number of Topliss-reactive ketones (excluding diaryl/α,β-unsaturated/α-hetero) is 1. The molecule has 3 aliphatic heterocycles. The Morgan fingerprint density at radius 3 is 2.63 bits per heavy atom. The molecule has 1 unspecified atom stereocenters. The lowest BCUT2D eigenvalue weighted by Gasteiger charge is -2.37. The lowest BCUT2D eigenvalue weighted by Crippen LogP contribution is -2.50.